The zero-order valence-electron chi connectivity index (χ0n) is 15.8. The van der Waals surface area contributed by atoms with Crippen LogP contribution in [0.2, 0.25) is 5.02 Å². The second-order valence-corrected chi connectivity index (χ2v) is 7.39. The summed E-state index contributed by atoms with van der Waals surface area (Å²) in [6.07, 6.45) is -0.461. The van der Waals surface area contributed by atoms with Crippen LogP contribution in [0, 0.1) is 5.92 Å². The van der Waals surface area contributed by atoms with Crippen LogP contribution >= 0.6 is 11.6 Å². The van der Waals surface area contributed by atoms with Crippen LogP contribution in [-0.2, 0) is 27.3 Å². The van der Waals surface area contributed by atoms with E-state index < -0.39 is 18.0 Å². The fraction of sp³-hybridized carbons (Fsp3) is 0.333. The summed E-state index contributed by atoms with van der Waals surface area (Å²) in [6.45, 7) is 2.23. The van der Waals surface area contributed by atoms with Crippen molar-refractivity contribution in [3.05, 3.63) is 52.5 Å². The fourth-order valence-electron chi connectivity index (χ4n) is 3.22. The molecule has 2 aliphatic rings. The number of carbonyl (C=O) groups excluding carboxylic acids is 2. The maximum absolute atomic E-state index is 12.5. The zero-order chi connectivity index (χ0) is 20.4. The molecule has 2 heterocycles. The van der Waals surface area contributed by atoms with Crippen LogP contribution in [0.3, 0.4) is 0 Å². The summed E-state index contributed by atoms with van der Waals surface area (Å²) in [5.41, 5.74) is 1.71. The largest absolute Gasteiger partial charge is 0.492 e. The molecule has 0 radical (unpaired) electrons. The Balaban J connectivity index is 1.29. The predicted octanol–water partition coefficient (Wildman–Crippen LogP) is 2.87. The van der Waals surface area contributed by atoms with Crippen molar-refractivity contribution in [2.24, 2.45) is 5.92 Å². The molecule has 2 aromatic carbocycles. The van der Waals surface area contributed by atoms with Gasteiger partial charge >= 0.3 is 5.97 Å². The van der Waals surface area contributed by atoms with Crippen LogP contribution < -0.4 is 19.5 Å². The van der Waals surface area contributed by atoms with E-state index in [-0.39, 0.29) is 25.9 Å². The Labute approximate surface area is 172 Å². The molecule has 0 spiro atoms. The van der Waals surface area contributed by atoms with Crippen LogP contribution in [0.15, 0.2) is 36.4 Å². The lowest BCUT2D eigenvalue weighted by molar-refractivity contribution is -0.160. The lowest BCUT2D eigenvalue weighted by Crippen LogP contribution is -2.38. The van der Waals surface area contributed by atoms with Gasteiger partial charge in [-0.3, -0.25) is 9.59 Å². The van der Waals surface area contributed by atoms with Crippen LogP contribution in [0.5, 0.6) is 17.2 Å². The highest BCUT2D eigenvalue weighted by atomic mass is 35.5. The molecule has 0 unspecified atom stereocenters. The Morgan fingerprint density at radius 1 is 1.14 bits per heavy atom. The van der Waals surface area contributed by atoms with Gasteiger partial charge < -0.3 is 24.3 Å². The number of hydrogen-bond acceptors (Lipinski definition) is 6. The van der Waals surface area contributed by atoms with Gasteiger partial charge in [0.15, 0.2) is 17.6 Å². The third-order valence-electron chi connectivity index (χ3n) is 4.83. The summed E-state index contributed by atoms with van der Waals surface area (Å²) in [4.78, 5) is 24.8. The summed E-state index contributed by atoms with van der Waals surface area (Å²) in [5, 5.41) is 3.34. The molecule has 0 aliphatic carbocycles. The minimum atomic E-state index is -0.919. The van der Waals surface area contributed by atoms with E-state index in [1.54, 1.807) is 37.3 Å². The summed E-state index contributed by atoms with van der Waals surface area (Å²) in [5.74, 6) is 0.712. The molecule has 7 nitrogen and oxygen atoms in total. The first kappa shape index (κ1) is 19.4. The van der Waals surface area contributed by atoms with E-state index in [1.165, 1.54) is 0 Å². The minimum absolute atomic E-state index is 0.194. The van der Waals surface area contributed by atoms with Crippen molar-refractivity contribution in [3.8, 4) is 17.2 Å². The maximum Gasteiger partial charge on any atom is 0.313 e. The molecule has 2 aromatic rings. The molecule has 8 heteroatoms. The monoisotopic (exact) mass is 417 g/mol. The smallest absolute Gasteiger partial charge is 0.313 e. The standard InChI is InChI=1S/C21H20ClNO6/c1-12(20(24)23-9-13-2-4-18-19(6-13)28-11-27-18)29-21(25)15-7-14-8-16(22)3-5-17(14)26-10-15/h2-6,8,12,15H,7,9-11H2,1H3,(H,23,24)/t12-,15-/m1/s1. The normalized spacial score (nSPS) is 17.7. The summed E-state index contributed by atoms with van der Waals surface area (Å²) < 4.78 is 21.5. The SMILES string of the molecule is C[C@@H](OC(=O)[C@H]1COc2ccc(Cl)cc2C1)C(=O)NCc1ccc2c(c1)OCO2. The third-order valence-corrected chi connectivity index (χ3v) is 5.06. The molecule has 2 aliphatic heterocycles. The van der Waals surface area contributed by atoms with Crippen LogP contribution in [0.4, 0.5) is 0 Å². The second-order valence-electron chi connectivity index (χ2n) is 6.95. The van der Waals surface area contributed by atoms with Gasteiger partial charge in [0, 0.05) is 11.6 Å². The Kier molecular flexibility index (Phi) is 5.49. The molecule has 0 fully saturated rings. The molecule has 2 atom stereocenters. The van der Waals surface area contributed by atoms with Gasteiger partial charge in [0.25, 0.3) is 5.91 Å². The fourth-order valence-corrected chi connectivity index (χ4v) is 3.42. The van der Waals surface area contributed by atoms with E-state index in [2.05, 4.69) is 5.32 Å². The lowest BCUT2D eigenvalue weighted by Gasteiger charge is -2.25. The highest BCUT2D eigenvalue weighted by Crippen LogP contribution is 2.32. The number of halogens is 1. The average Bonchev–Trinajstić information content (AvgIpc) is 3.19. The number of fused-ring (bicyclic) bond motifs is 2. The number of carbonyl (C=O) groups is 2. The van der Waals surface area contributed by atoms with Crippen molar-refractivity contribution in [1.82, 2.24) is 5.32 Å². The van der Waals surface area contributed by atoms with Crippen molar-refractivity contribution < 1.29 is 28.5 Å². The van der Waals surface area contributed by atoms with E-state index in [4.69, 9.17) is 30.5 Å². The number of rotatable bonds is 5. The number of nitrogens with one attached hydrogen (secondary N) is 1. The van der Waals surface area contributed by atoms with E-state index in [0.29, 0.717) is 28.7 Å². The van der Waals surface area contributed by atoms with Crippen molar-refractivity contribution in [3.63, 3.8) is 0 Å². The molecule has 1 N–H and O–H groups in total. The maximum atomic E-state index is 12.5. The molecule has 4 rings (SSSR count). The number of hydrogen-bond donors (Lipinski definition) is 1. The molecule has 1 amide bonds. The molecular formula is C21H20ClNO6. The van der Waals surface area contributed by atoms with E-state index >= 15 is 0 Å². The molecule has 29 heavy (non-hydrogen) atoms. The van der Waals surface area contributed by atoms with Crippen LogP contribution in [0.25, 0.3) is 0 Å². The predicted molar refractivity (Wildman–Crippen MR) is 104 cm³/mol. The van der Waals surface area contributed by atoms with Crippen molar-refractivity contribution >= 4 is 23.5 Å². The Hall–Kier alpha value is -2.93. The number of esters is 1. The molecule has 0 saturated heterocycles. The molecule has 0 saturated carbocycles. The first-order chi connectivity index (χ1) is 14.0. The Morgan fingerprint density at radius 3 is 2.79 bits per heavy atom. The van der Waals surface area contributed by atoms with Crippen molar-refractivity contribution in [1.29, 1.82) is 0 Å². The second kappa shape index (κ2) is 8.21. The summed E-state index contributed by atoms with van der Waals surface area (Å²) >= 11 is 6.01. The zero-order valence-corrected chi connectivity index (χ0v) is 16.5. The third kappa shape index (κ3) is 4.40. The molecular weight excluding hydrogens is 398 g/mol. The van der Waals surface area contributed by atoms with Gasteiger partial charge in [-0.15, -0.1) is 0 Å². The Bertz CT molecular complexity index is 947. The topological polar surface area (TPSA) is 83.1 Å². The van der Waals surface area contributed by atoms with Crippen LogP contribution in [-0.4, -0.2) is 31.4 Å². The van der Waals surface area contributed by atoms with Crippen LogP contribution in [0.1, 0.15) is 18.1 Å². The first-order valence-corrected chi connectivity index (χ1v) is 9.65. The minimum Gasteiger partial charge on any atom is -0.492 e. The average molecular weight is 418 g/mol. The highest BCUT2D eigenvalue weighted by Gasteiger charge is 2.30. The van der Waals surface area contributed by atoms with E-state index in [0.717, 1.165) is 11.1 Å². The Morgan fingerprint density at radius 2 is 1.93 bits per heavy atom. The van der Waals surface area contributed by atoms with E-state index in [9.17, 15) is 9.59 Å². The van der Waals surface area contributed by atoms with E-state index in [1.807, 2.05) is 6.07 Å². The summed E-state index contributed by atoms with van der Waals surface area (Å²) in [7, 11) is 0. The first-order valence-electron chi connectivity index (χ1n) is 9.27. The number of amides is 1. The molecule has 152 valence electrons. The number of benzene rings is 2. The van der Waals surface area contributed by atoms with Gasteiger partial charge in [-0.2, -0.15) is 0 Å². The molecule has 0 aromatic heterocycles. The van der Waals surface area contributed by atoms with Gasteiger partial charge in [-0.1, -0.05) is 17.7 Å². The van der Waals surface area contributed by atoms with Crippen molar-refractivity contribution in [2.45, 2.75) is 26.0 Å². The van der Waals surface area contributed by atoms with Gasteiger partial charge in [-0.25, -0.2) is 0 Å². The van der Waals surface area contributed by atoms with Gasteiger partial charge in [-0.05, 0) is 54.8 Å². The number of ether oxygens (including phenoxy) is 4. The summed E-state index contributed by atoms with van der Waals surface area (Å²) in [6, 6.07) is 10.7. The molecule has 0 bridgehead atoms. The van der Waals surface area contributed by atoms with Gasteiger partial charge in [0.2, 0.25) is 6.79 Å². The lowest BCUT2D eigenvalue weighted by atomic mass is 9.97. The quantitative estimate of drug-likeness (QED) is 0.753. The highest BCUT2D eigenvalue weighted by molar-refractivity contribution is 6.30. The van der Waals surface area contributed by atoms with Gasteiger partial charge in [0.05, 0.1) is 5.92 Å². The van der Waals surface area contributed by atoms with Gasteiger partial charge in [0.1, 0.15) is 12.4 Å². The van der Waals surface area contributed by atoms with Crippen molar-refractivity contribution in [2.75, 3.05) is 13.4 Å².